The Labute approximate surface area is 150 Å². The van der Waals surface area contributed by atoms with E-state index in [1.165, 1.54) is 5.56 Å². The fraction of sp³-hybridized carbons (Fsp3) is 0.500. The molecule has 0 radical (unpaired) electrons. The molecule has 2 heterocycles. The second kappa shape index (κ2) is 7.72. The number of nitrogens with one attached hydrogen (secondary N) is 1. The number of nitrogens with zero attached hydrogens (tertiary/aromatic N) is 3. The molecule has 25 heavy (non-hydrogen) atoms. The van der Waals surface area contributed by atoms with Crippen molar-refractivity contribution in [2.75, 3.05) is 13.1 Å². The molecule has 1 aromatic heterocycles. The number of urea groups is 1. The van der Waals surface area contributed by atoms with Crippen LogP contribution in [0.4, 0.5) is 4.79 Å². The third kappa shape index (κ3) is 4.03. The summed E-state index contributed by atoms with van der Waals surface area (Å²) >= 11 is 0. The predicted octanol–water partition coefficient (Wildman–Crippen LogP) is 3.29. The Balaban J connectivity index is 1.52. The molecule has 1 fully saturated rings. The van der Waals surface area contributed by atoms with E-state index in [0.29, 0.717) is 12.5 Å². The third-order valence-corrected chi connectivity index (χ3v) is 5.19. The Morgan fingerprint density at radius 3 is 2.72 bits per heavy atom. The monoisotopic (exact) mass is 340 g/mol. The third-order valence-electron chi connectivity index (χ3n) is 5.19. The second-order valence-electron chi connectivity index (χ2n) is 6.91. The maximum Gasteiger partial charge on any atom is 0.317 e. The Morgan fingerprint density at radius 2 is 2.04 bits per heavy atom. The number of aryl methyl sites for hydroxylation is 2. The number of hydrogen-bond donors (Lipinski definition) is 1. The maximum atomic E-state index is 12.5. The van der Waals surface area contributed by atoms with Gasteiger partial charge in [-0.3, -0.25) is 4.68 Å². The summed E-state index contributed by atoms with van der Waals surface area (Å²) in [5.41, 5.74) is 4.63. The lowest BCUT2D eigenvalue weighted by Gasteiger charge is -2.17. The highest BCUT2D eigenvalue weighted by Crippen LogP contribution is 2.21. The number of rotatable bonds is 5. The van der Waals surface area contributed by atoms with E-state index in [4.69, 9.17) is 0 Å². The molecule has 1 aromatic carbocycles. The van der Waals surface area contributed by atoms with Crippen LogP contribution >= 0.6 is 0 Å². The molecular weight excluding hydrogens is 312 g/mol. The van der Waals surface area contributed by atoms with E-state index in [0.717, 1.165) is 49.4 Å². The van der Waals surface area contributed by atoms with Gasteiger partial charge in [0.2, 0.25) is 0 Å². The van der Waals surface area contributed by atoms with Crippen LogP contribution in [0.15, 0.2) is 30.3 Å². The topological polar surface area (TPSA) is 50.2 Å². The van der Waals surface area contributed by atoms with Crippen LogP contribution in [0.2, 0.25) is 0 Å². The van der Waals surface area contributed by atoms with Gasteiger partial charge in [-0.2, -0.15) is 5.10 Å². The van der Waals surface area contributed by atoms with Crippen LogP contribution in [0, 0.1) is 19.8 Å². The molecule has 1 aliphatic rings. The smallest absolute Gasteiger partial charge is 0.317 e. The highest BCUT2D eigenvalue weighted by molar-refractivity contribution is 5.74. The molecule has 0 spiro atoms. The molecule has 5 nitrogen and oxygen atoms in total. The average molecular weight is 340 g/mol. The summed E-state index contributed by atoms with van der Waals surface area (Å²) in [5, 5.41) is 7.59. The minimum absolute atomic E-state index is 0.0404. The van der Waals surface area contributed by atoms with Gasteiger partial charge in [0, 0.05) is 37.4 Å². The molecule has 0 unspecified atom stereocenters. The van der Waals surface area contributed by atoms with Crippen molar-refractivity contribution in [1.82, 2.24) is 20.0 Å². The van der Waals surface area contributed by atoms with Gasteiger partial charge in [0.25, 0.3) is 0 Å². The summed E-state index contributed by atoms with van der Waals surface area (Å²) in [7, 11) is 0. The zero-order chi connectivity index (χ0) is 17.8. The van der Waals surface area contributed by atoms with Crippen molar-refractivity contribution in [3.05, 3.63) is 52.8 Å². The zero-order valence-corrected chi connectivity index (χ0v) is 15.5. The molecule has 0 bridgehead atoms. The fourth-order valence-corrected chi connectivity index (χ4v) is 3.70. The Kier molecular flexibility index (Phi) is 5.41. The number of amides is 2. The van der Waals surface area contributed by atoms with E-state index < -0.39 is 0 Å². The summed E-state index contributed by atoms with van der Waals surface area (Å²) in [6.07, 6.45) is 2.13. The van der Waals surface area contributed by atoms with E-state index in [1.807, 2.05) is 22.6 Å². The summed E-state index contributed by atoms with van der Waals surface area (Å²) in [6, 6.07) is 10.6. The van der Waals surface area contributed by atoms with Gasteiger partial charge in [-0.1, -0.05) is 30.3 Å². The normalized spacial score (nSPS) is 17.1. The van der Waals surface area contributed by atoms with Crippen molar-refractivity contribution in [3.8, 4) is 0 Å². The summed E-state index contributed by atoms with van der Waals surface area (Å²) in [5.74, 6) is 0.555. The first-order valence-electron chi connectivity index (χ1n) is 9.18. The molecular formula is C20H28N4O. The number of carbonyl (C=O) groups excluding carboxylic acids is 1. The molecule has 1 saturated heterocycles. The van der Waals surface area contributed by atoms with Gasteiger partial charge in [0.15, 0.2) is 0 Å². The second-order valence-corrected chi connectivity index (χ2v) is 6.91. The van der Waals surface area contributed by atoms with Crippen molar-refractivity contribution in [2.24, 2.45) is 5.92 Å². The van der Waals surface area contributed by atoms with Crippen LogP contribution in [0.3, 0.4) is 0 Å². The number of carbonyl (C=O) groups is 1. The average Bonchev–Trinajstić information content (AvgIpc) is 3.18. The Hall–Kier alpha value is -2.30. The van der Waals surface area contributed by atoms with Crippen LogP contribution in [0.25, 0.3) is 0 Å². The predicted molar refractivity (Wildman–Crippen MR) is 99.4 cm³/mol. The van der Waals surface area contributed by atoms with E-state index in [9.17, 15) is 4.79 Å². The van der Waals surface area contributed by atoms with Gasteiger partial charge < -0.3 is 10.2 Å². The van der Waals surface area contributed by atoms with E-state index in [2.05, 4.69) is 48.5 Å². The van der Waals surface area contributed by atoms with Crippen molar-refractivity contribution in [3.63, 3.8) is 0 Å². The molecule has 1 aliphatic heterocycles. The quantitative estimate of drug-likeness (QED) is 0.908. The standard InChI is InChI=1S/C20H28N4O/c1-4-24-16(3)19(15(2)22-24)13-21-20(25)23-11-10-18(14-23)12-17-8-6-5-7-9-17/h5-9,18H,4,10-14H2,1-3H3,(H,21,25)/t18-/m0/s1. The van der Waals surface area contributed by atoms with Crippen molar-refractivity contribution in [1.29, 1.82) is 0 Å². The van der Waals surface area contributed by atoms with E-state index in [-0.39, 0.29) is 6.03 Å². The van der Waals surface area contributed by atoms with Crippen molar-refractivity contribution < 1.29 is 4.79 Å². The van der Waals surface area contributed by atoms with Gasteiger partial charge in [0.1, 0.15) is 0 Å². The lowest BCUT2D eigenvalue weighted by Crippen LogP contribution is -2.38. The summed E-state index contributed by atoms with van der Waals surface area (Å²) in [6.45, 7) is 9.24. The minimum Gasteiger partial charge on any atom is -0.334 e. The van der Waals surface area contributed by atoms with Gasteiger partial charge in [0.05, 0.1) is 5.69 Å². The van der Waals surface area contributed by atoms with Crippen molar-refractivity contribution >= 4 is 6.03 Å². The van der Waals surface area contributed by atoms with Gasteiger partial charge in [-0.05, 0) is 45.1 Å². The van der Waals surface area contributed by atoms with Crippen LogP contribution in [0.5, 0.6) is 0 Å². The fourth-order valence-electron chi connectivity index (χ4n) is 3.70. The first kappa shape index (κ1) is 17.5. The largest absolute Gasteiger partial charge is 0.334 e. The lowest BCUT2D eigenvalue weighted by atomic mass is 9.99. The molecule has 0 aliphatic carbocycles. The van der Waals surface area contributed by atoms with Crippen LogP contribution < -0.4 is 5.32 Å². The lowest BCUT2D eigenvalue weighted by molar-refractivity contribution is 0.206. The molecule has 3 rings (SSSR count). The molecule has 2 amide bonds. The maximum absolute atomic E-state index is 12.5. The summed E-state index contributed by atoms with van der Waals surface area (Å²) < 4.78 is 1.99. The Bertz CT molecular complexity index is 723. The molecule has 5 heteroatoms. The van der Waals surface area contributed by atoms with Gasteiger partial charge >= 0.3 is 6.03 Å². The molecule has 0 saturated carbocycles. The molecule has 1 atom stereocenters. The van der Waals surface area contributed by atoms with Crippen molar-refractivity contribution in [2.45, 2.75) is 46.7 Å². The zero-order valence-electron chi connectivity index (χ0n) is 15.5. The number of likely N-dealkylation sites (tertiary alicyclic amines) is 1. The van der Waals surface area contributed by atoms with E-state index in [1.54, 1.807) is 0 Å². The first-order valence-corrected chi connectivity index (χ1v) is 9.18. The molecule has 1 N–H and O–H groups in total. The van der Waals surface area contributed by atoms with E-state index >= 15 is 0 Å². The minimum atomic E-state index is 0.0404. The number of aromatic nitrogens is 2. The SMILES string of the molecule is CCn1nc(C)c(CNC(=O)N2CC[C@@H](Cc3ccccc3)C2)c1C. The Morgan fingerprint density at radius 1 is 1.28 bits per heavy atom. The van der Waals surface area contributed by atoms with Gasteiger partial charge in [-0.25, -0.2) is 4.79 Å². The van der Waals surface area contributed by atoms with Crippen LogP contribution in [-0.4, -0.2) is 33.8 Å². The van der Waals surface area contributed by atoms with Crippen LogP contribution in [0.1, 0.15) is 35.9 Å². The highest BCUT2D eigenvalue weighted by atomic mass is 16.2. The summed E-state index contributed by atoms with van der Waals surface area (Å²) in [4.78, 5) is 14.5. The van der Waals surface area contributed by atoms with Crippen LogP contribution in [-0.2, 0) is 19.5 Å². The first-order chi connectivity index (χ1) is 12.1. The van der Waals surface area contributed by atoms with Gasteiger partial charge in [-0.15, -0.1) is 0 Å². The number of benzene rings is 1. The number of hydrogen-bond acceptors (Lipinski definition) is 2. The highest BCUT2D eigenvalue weighted by Gasteiger charge is 2.26. The molecule has 2 aromatic rings. The molecule has 134 valence electrons.